The van der Waals surface area contributed by atoms with Crippen LogP contribution in [0.25, 0.3) is 0 Å². The van der Waals surface area contributed by atoms with Crippen LogP contribution in [0.15, 0.2) is 0 Å². The van der Waals surface area contributed by atoms with Crippen LogP contribution in [0, 0.1) is 0 Å². The molecule has 11 heavy (non-hydrogen) atoms. The minimum atomic E-state index is -1.65. The van der Waals surface area contributed by atoms with E-state index in [1.165, 1.54) is 0 Å². The van der Waals surface area contributed by atoms with Gasteiger partial charge in [-0.15, -0.1) is 0 Å². The van der Waals surface area contributed by atoms with Crippen molar-refractivity contribution in [2.24, 2.45) is 0 Å². The van der Waals surface area contributed by atoms with Crippen molar-refractivity contribution in [3.05, 3.63) is 0 Å². The third-order valence-electron chi connectivity index (χ3n) is 0.653. The normalized spacial score (nSPS) is 15.5. The summed E-state index contributed by atoms with van der Waals surface area (Å²) in [4.78, 5) is 9.21. The van der Waals surface area contributed by atoms with Crippen molar-refractivity contribution < 1.29 is 13.6 Å². The third kappa shape index (κ3) is 8.43. The smallest absolute Gasteiger partial charge is 0.319 e. The number of rotatable bonds is 4. The summed E-state index contributed by atoms with van der Waals surface area (Å²) in [7, 11) is -3.28. The second-order valence-corrected chi connectivity index (χ2v) is 9.24. The first-order valence-corrected chi connectivity index (χ1v) is 8.20. The fraction of sp³-hybridized carbons (Fsp3) is 1.00. The lowest BCUT2D eigenvalue weighted by molar-refractivity contribution is 0.204. The van der Waals surface area contributed by atoms with Gasteiger partial charge in [0.15, 0.2) is 8.32 Å². The predicted molar refractivity (Wildman–Crippen MR) is 49.8 cm³/mol. The van der Waals surface area contributed by atoms with Gasteiger partial charge in [-0.2, -0.15) is 0 Å². The molecule has 0 aromatic heterocycles. The maximum atomic E-state index is 9.21. The van der Waals surface area contributed by atoms with Crippen molar-refractivity contribution in [2.45, 2.75) is 39.6 Å². The van der Waals surface area contributed by atoms with Crippen molar-refractivity contribution >= 4 is 16.9 Å². The Morgan fingerprint density at radius 1 is 1.27 bits per heavy atom. The summed E-state index contributed by atoms with van der Waals surface area (Å²) in [5.41, 5.74) is 0. The van der Waals surface area contributed by atoms with Gasteiger partial charge in [0.05, 0.1) is 6.10 Å². The van der Waals surface area contributed by atoms with Crippen molar-refractivity contribution in [1.82, 2.24) is 0 Å². The molecule has 0 aromatic rings. The van der Waals surface area contributed by atoms with Crippen LogP contribution in [0.5, 0.6) is 0 Å². The first kappa shape index (κ1) is 11.5. The highest BCUT2D eigenvalue weighted by atomic mass is 31.2. The summed E-state index contributed by atoms with van der Waals surface area (Å²) in [5, 5.41) is 0. The van der Waals surface area contributed by atoms with Crippen molar-refractivity contribution in [2.75, 3.05) is 0 Å². The molecule has 0 spiro atoms. The summed E-state index contributed by atoms with van der Waals surface area (Å²) in [6, 6.07) is 0. The molecular weight excluding hydrogens is 179 g/mol. The zero-order valence-electron chi connectivity index (χ0n) is 7.79. The molecular formula is C6H17O3PSi. The summed E-state index contributed by atoms with van der Waals surface area (Å²) >= 11 is 0. The second kappa shape index (κ2) is 4.53. The van der Waals surface area contributed by atoms with Gasteiger partial charge < -0.3 is 13.6 Å². The number of hydrogen-bond donors (Lipinski definition) is 1. The highest BCUT2D eigenvalue weighted by Gasteiger charge is 2.21. The van der Waals surface area contributed by atoms with Crippen LogP contribution >= 0.6 is 8.60 Å². The second-order valence-electron chi connectivity index (χ2n) is 3.60. The first-order valence-electron chi connectivity index (χ1n) is 3.66. The van der Waals surface area contributed by atoms with Gasteiger partial charge in [-0.3, -0.25) is 0 Å². The van der Waals surface area contributed by atoms with E-state index in [1.54, 1.807) is 0 Å². The monoisotopic (exact) mass is 196 g/mol. The van der Waals surface area contributed by atoms with Gasteiger partial charge in [0.2, 0.25) is 0 Å². The molecule has 0 aliphatic rings. The molecule has 5 heteroatoms. The highest BCUT2D eigenvalue weighted by Crippen LogP contribution is 2.37. The molecule has 0 aliphatic heterocycles. The van der Waals surface area contributed by atoms with Crippen LogP contribution in [0.2, 0.25) is 19.6 Å². The van der Waals surface area contributed by atoms with Crippen molar-refractivity contribution in [3.8, 4) is 0 Å². The largest absolute Gasteiger partial charge is 0.355 e. The van der Waals surface area contributed by atoms with E-state index in [0.717, 1.165) is 0 Å². The van der Waals surface area contributed by atoms with Crippen LogP contribution < -0.4 is 0 Å². The van der Waals surface area contributed by atoms with Gasteiger partial charge >= 0.3 is 8.60 Å². The SMILES string of the molecule is CC(C)OP(O)O[Si](C)(C)C. The van der Waals surface area contributed by atoms with E-state index in [9.17, 15) is 4.89 Å². The predicted octanol–water partition coefficient (Wildman–Crippen LogP) is 2.48. The van der Waals surface area contributed by atoms with Crippen molar-refractivity contribution in [3.63, 3.8) is 0 Å². The molecule has 3 nitrogen and oxygen atoms in total. The standard InChI is InChI=1S/C6H17O3PSi/c1-6(2)8-10(7)9-11(3,4)5/h6-7H,1-5H3. The molecule has 0 heterocycles. The zero-order valence-corrected chi connectivity index (χ0v) is 9.68. The topological polar surface area (TPSA) is 38.7 Å². The first-order chi connectivity index (χ1) is 4.81. The van der Waals surface area contributed by atoms with E-state index in [2.05, 4.69) is 0 Å². The lowest BCUT2D eigenvalue weighted by atomic mass is 10.5. The number of hydrogen-bond acceptors (Lipinski definition) is 3. The molecule has 0 saturated carbocycles. The van der Waals surface area contributed by atoms with Gasteiger partial charge in [-0.1, -0.05) is 0 Å². The molecule has 0 bridgehead atoms. The molecule has 0 amide bonds. The van der Waals surface area contributed by atoms with E-state index in [1.807, 2.05) is 33.5 Å². The molecule has 68 valence electrons. The van der Waals surface area contributed by atoms with Gasteiger partial charge in [0, 0.05) is 0 Å². The Labute approximate surface area is 70.8 Å². The zero-order chi connectivity index (χ0) is 9.07. The Morgan fingerprint density at radius 3 is 2.00 bits per heavy atom. The average molecular weight is 196 g/mol. The molecule has 1 unspecified atom stereocenters. The Hall–Kier alpha value is 0.527. The molecule has 1 atom stereocenters. The van der Waals surface area contributed by atoms with Crippen LogP contribution in [0.3, 0.4) is 0 Å². The minimum Gasteiger partial charge on any atom is -0.355 e. The summed E-state index contributed by atoms with van der Waals surface area (Å²) in [5.74, 6) is 0. The molecule has 0 rings (SSSR count). The maximum Gasteiger partial charge on any atom is 0.319 e. The van der Waals surface area contributed by atoms with Gasteiger partial charge in [0.1, 0.15) is 0 Å². The van der Waals surface area contributed by atoms with E-state index in [0.29, 0.717) is 0 Å². The maximum absolute atomic E-state index is 9.21. The highest BCUT2D eigenvalue weighted by molar-refractivity contribution is 7.42. The van der Waals surface area contributed by atoms with Gasteiger partial charge in [-0.25, -0.2) is 0 Å². The molecule has 0 aliphatic carbocycles. The fourth-order valence-electron chi connectivity index (χ4n) is 0.436. The summed E-state index contributed by atoms with van der Waals surface area (Å²) in [6.45, 7) is 9.80. The fourth-order valence-corrected chi connectivity index (χ4v) is 2.84. The summed E-state index contributed by atoms with van der Waals surface area (Å²) in [6.07, 6.45) is 0.0301. The van der Waals surface area contributed by atoms with Crippen molar-refractivity contribution in [1.29, 1.82) is 0 Å². The molecule has 0 aromatic carbocycles. The molecule has 0 saturated heterocycles. The lowest BCUT2D eigenvalue weighted by Gasteiger charge is -2.21. The third-order valence-corrected chi connectivity index (χ3v) is 4.07. The molecule has 0 radical (unpaired) electrons. The van der Waals surface area contributed by atoms with Crippen LogP contribution in [0.4, 0.5) is 0 Å². The van der Waals surface area contributed by atoms with E-state index < -0.39 is 16.9 Å². The molecule has 0 fully saturated rings. The Kier molecular flexibility index (Phi) is 4.74. The average Bonchev–Trinajstić information content (AvgIpc) is 1.53. The Balaban J connectivity index is 3.61. The van der Waals surface area contributed by atoms with E-state index >= 15 is 0 Å². The van der Waals surface area contributed by atoms with E-state index in [4.69, 9.17) is 8.74 Å². The van der Waals surface area contributed by atoms with Crippen LogP contribution in [-0.2, 0) is 8.74 Å². The van der Waals surface area contributed by atoms with Gasteiger partial charge in [-0.05, 0) is 33.5 Å². The minimum absolute atomic E-state index is 0.0301. The Bertz CT molecular complexity index is 113. The van der Waals surface area contributed by atoms with Crippen LogP contribution in [-0.4, -0.2) is 19.3 Å². The van der Waals surface area contributed by atoms with Gasteiger partial charge in [0.25, 0.3) is 0 Å². The lowest BCUT2D eigenvalue weighted by Crippen LogP contribution is -2.23. The summed E-state index contributed by atoms with van der Waals surface area (Å²) < 4.78 is 10.3. The Morgan fingerprint density at radius 2 is 1.73 bits per heavy atom. The van der Waals surface area contributed by atoms with Crippen LogP contribution in [0.1, 0.15) is 13.8 Å². The molecule has 1 N–H and O–H groups in total. The van der Waals surface area contributed by atoms with E-state index in [-0.39, 0.29) is 6.10 Å². The quantitative estimate of drug-likeness (QED) is 0.554.